The Balaban J connectivity index is 2.14. The van der Waals surface area contributed by atoms with Crippen LogP contribution in [0.2, 0.25) is 0 Å². The Hall–Kier alpha value is -1.12. The predicted molar refractivity (Wildman–Crippen MR) is 80.0 cm³/mol. The second-order valence-electron chi connectivity index (χ2n) is 7.18. The van der Waals surface area contributed by atoms with Crippen molar-refractivity contribution in [1.29, 1.82) is 0 Å². The molecule has 0 amide bonds. The minimum atomic E-state index is 0.484. The highest BCUT2D eigenvalue weighted by atomic mass is 15.0. The lowest BCUT2D eigenvalue weighted by Crippen LogP contribution is -2.22. The van der Waals surface area contributed by atoms with Crippen molar-refractivity contribution in [3.05, 3.63) is 17.6 Å². The molecule has 0 unspecified atom stereocenters. The Morgan fingerprint density at radius 3 is 2.47 bits per heavy atom. The highest BCUT2D eigenvalue weighted by Gasteiger charge is 2.29. The molecule has 2 N–H and O–H groups in total. The molecular formula is C16H27N3. The fourth-order valence-electron chi connectivity index (χ4n) is 2.90. The van der Waals surface area contributed by atoms with Crippen molar-refractivity contribution in [3.8, 4) is 0 Å². The second kappa shape index (κ2) is 5.48. The molecule has 0 saturated heterocycles. The summed E-state index contributed by atoms with van der Waals surface area (Å²) in [5, 5.41) is 0. The Kier molecular flexibility index (Phi) is 4.12. The first-order chi connectivity index (χ1) is 8.85. The van der Waals surface area contributed by atoms with Gasteiger partial charge in [-0.15, -0.1) is 0 Å². The molecule has 1 aliphatic rings. The maximum absolute atomic E-state index is 5.94. The number of hydrogen-bond donors (Lipinski definition) is 1. The van der Waals surface area contributed by atoms with Gasteiger partial charge in [-0.1, -0.05) is 27.7 Å². The average Bonchev–Trinajstić information content (AvgIpc) is 2.26. The zero-order valence-corrected chi connectivity index (χ0v) is 12.7. The van der Waals surface area contributed by atoms with Gasteiger partial charge in [0.2, 0.25) is 0 Å². The van der Waals surface area contributed by atoms with Crippen LogP contribution in [0.3, 0.4) is 0 Å². The van der Waals surface area contributed by atoms with Crippen LogP contribution in [0.25, 0.3) is 0 Å². The van der Waals surface area contributed by atoms with E-state index in [1.54, 1.807) is 0 Å². The summed E-state index contributed by atoms with van der Waals surface area (Å²) in [6, 6.07) is 1.93. The van der Waals surface area contributed by atoms with E-state index in [0.29, 0.717) is 23.1 Å². The van der Waals surface area contributed by atoms with Crippen LogP contribution >= 0.6 is 0 Å². The highest BCUT2D eigenvalue weighted by Crippen LogP contribution is 2.41. The first-order valence-corrected chi connectivity index (χ1v) is 7.49. The monoisotopic (exact) mass is 261 g/mol. The van der Waals surface area contributed by atoms with E-state index in [2.05, 4.69) is 32.7 Å². The van der Waals surface area contributed by atoms with Crippen LogP contribution < -0.4 is 5.73 Å². The first kappa shape index (κ1) is 14.3. The zero-order chi connectivity index (χ0) is 14.0. The number of hydrogen-bond acceptors (Lipinski definition) is 3. The molecule has 0 bridgehead atoms. The minimum absolute atomic E-state index is 0.484. The van der Waals surface area contributed by atoms with Crippen LogP contribution in [0.1, 0.15) is 70.8 Å². The average molecular weight is 261 g/mol. The van der Waals surface area contributed by atoms with Crippen molar-refractivity contribution in [1.82, 2.24) is 9.97 Å². The van der Waals surface area contributed by atoms with E-state index in [1.165, 1.54) is 25.7 Å². The van der Waals surface area contributed by atoms with Crippen LogP contribution in [-0.4, -0.2) is 9.97 Å². The van der Waals surface area contributed by atoms with E-state index in [1.807, 2.05) is 6.07 Å². The van der Waals surface area contributed by atoms with E-state index in [-0.39, 0.29) is 0 Å². The number of rotatable bonds is 3. The van der Waals surface area contributed by atoms with Crippen molar-refractivity contribution >= 4 is 5.82 Å². The van der Waals surface area contributed by atoms with Crippen molar-refractivity contribution in [2.45, 2.75) is 65.7 Å². The SMILES string of the molecule is CC(C)Cc1cc(N)nc(C2CCC(C)(C)CC2)n1. The summed E-state index contributed by atoms with van der Waals surface area (Å²) in [5.41, 5.74) is 7.53. The normalized spacial score (nSPS) is 19.8. The fraction of sp³-hybridized carbons (Fsp3) is 0.750. The number of anilines is 1. The molecule has 0 atom stereocenters. The van der Waals surface area contributed by atoms with Gasteiger partial charge in [0, 0.05) is 17.7 Å². The lowest BCUT2D eigenvalue weighted by molar-refractivity contribution is 0.220. The summed E-state index contributed by atoms with van der Waals surface area (Å²) in [4.78, 5) is 9.23. The molecule has 1 saturated carbocycles. The molecule has 1 aromatic rings. The summed E-state index contributed by atoms with van der Waals surface area (Å²) in [6.07, 6.45) is 5.89. The van der Waals surface area contributed by atoms with Crippen molar-refractivity contribution in [2.75, 3.05) is 5.73 Å². The Morgan fingerprint density at radius 1 is 1.26 bits per heavy atom. The van der Waals surface area contributed by atoms with E-state index in [0.717, 1.165) is 17.9 Å². The lowest BCUT2D eigenvalue weighted by Gasteiger charge is -2.33. The molecule has 2 rings (SSSR count). The Bertz CT molecular complexity index is 428. The van der Waals surface area contributed by atoms with E-state index < -0.39 is 0 Å². The summed E-state index contributed by atoms with van der Waals surface area (Å²) in [5.74, 6) is 2.71. The van der Waals surface area contributed by atoms with Gasteiger partial charge in [0.15, 0.2) is 0 Å². The van der Waals surface area contributed by atoms with E-state index >= 15 is 0 Å². The van der Waals surface area contributed by atoms with Gasteiger partial charge in [0.1, 0.15) is 11.6 Å². The van der Waals surface area contributed by atoms with Gasteiger partial charge >= 0.3 is 0 Å². The topological polar surface area (TPSA) is 51.8 Å². The minimum Gasteiger partial charge on any atom is -0.384 e. The summed E-state index contributed by atoms with van der Waals surface area (Å²) in [7, 11) is 0. The van der Waals surface area contributed by atoms with Gasteiger partial charge in [-0.05, 0) is 43.4 Å². The van der Waals surface area contributed by atoms with E-state index in [4.69, 9.17) is 10.7 Å². The predicted octanol–water partition coefficient (Wildman–Crippen LogP) is 3.94. The third-order valence-corrected chi connectivity index (χ3v) is 4.14. The molecule has 3 heteroatoms. The van der Waals surface area contributed by atoms with Crippen molar-refractivity contribution in [2.24, 2.45) is 11.3 Å². The smallest absolute Gasteiger partial charge is 0.134 e. The van der Waals surface area contributed by atoms with Crippen LogP contribution in [-0.2, 0) is 6.42 Å². The third kappa shape index (κ3) is 3.92. The largest absolute Gasteiger partial charge is 0.384 e. The molecule has 1 aromatic heterocycles. The molecule has 3 nitrogen and oxygen atoms in total. The maximum atomic E-state index is 5.94. The first-order valence-electron chi connectivity index (χ1n) is 7.49. The van der Waals surface area contributed by atoms with Crippen molar-refractivity contribution in [3.63, 3.8) is 0 Å². The van der Waals surface area contributed by atoms with Crippen LogP contribution in [0, 0.1) is 11.3 Å². The van der Waals surface area contributed by atoms with Crippen LogP contribution in [0.5, 0.6) is 0 Å². The second-order valence-corrected chi connectivity index (χ2v) is 7.18. The summed E-state index contributed by atoms with van der Waals surface area (Å²) >= 11 is 0. The van der Waals surface area contributed by atoms with Crippen LogP contribution in [0.4, 0.5) is 5.82 Å². The molecule has 0 spiro atoms. The number of nitrogens with two attached hydrogens (primary N) is 1. The lowest BCUT2D eigenvalue weighted by atomic mass is 9.73. The van der Waals surface area contributed by atoms with Gasteiger partial charge < -0.3 is 5.73 Å². The Morgan fingerprint density at radius 2 is 1.89 bits per heavy atom. The number of aromatic nitrogens is 2. The Labute approximate surface area is 117 Å². The van der Waals surface area contributed by atoms with E-state index in [9.17, 15) is 0 Å². The van der Waals surface area contributed by atoms with Gasteiger partial charge in [-0.3, -0.25) is 0 Å². The molecule has 106 valence electrons. The zero-order valence-electron chi connectivity index (χ0n) is 12.7. The molecule has 19 heavy (non-hydrogen) atoms. The quantitative estimate of drug-likeness (QED) is 0.896. The molecule has 1 fully saturated rings. The number of nitrogen functional groups attached to an aromatic ring is 1. The van der Waals surface area contributed by atoms with Gasteiger partial charge in [-0.25, -0.2) is 9.97 Å². The molecule has 1 aliphatic carbocycles. The summed E-state index contributed by atoms with van der Waals surface area (Å²) < 4.78 is 0. The summed E-state index contributed by atoms with van der Waals surface area (Å²) in [6.45, 7) is 9.13. The third-order valence-electron chi connectivity index (χ3n) is 4.14. The molecule has 0 aromatic carbocycles. The molecule has 0 aliphatic heterocycles. The number of nitrogens with zero attached hydrogens (tertiary/aromatic N) is 2. The molecule has 1 heterocycles. The van der Waals surface area contributed by atoms with Crippen LogP contribution in [0.15, 0.2) is 6.07 Å². The van der Waals surface area contributed by atoms with Gasteiger partial charge in [0.05, 0.1) is 0 Å². The molecular weight excluding hydrogens is 234 g/mol. The van der Waals surface area contributed by atoms with Gasteiger partial charge in [-0.2, -0.15) is 0 Å². The highest BCUT2D eigenvalue weighted by molar-refractivity contribution is 5.30. The van der Waals surface area contributed by atoms with Crippen molar-refractivity contribution < 1.29 is 0 Å². The molecule has 0 radical (unpaired) electrons. The standard InChI is InChI=1S/C16H27N3/c1-11(2)9-13-10-14(17)19-15(18-13)12-5-7-16(3,4)8-6-12/h10-12H,5-9H2,1-4H3,(H2,17,18,19). The maximum Gasteiger partial charge on any atom is 0.134 e. The fourth-order valence-corrected chi connectivity index (χ4v) is 2.90. The van der Waals surface area contributed by atoms with Gasteiger partial charge in [0.25, 0.3) is 0 Å².